The van der Waals surface area contributed by atoms with Crippen LogP contribution in [0, 0.1) is 0 Å². The van der Waals surface area contributed by atoms with Crippen molar-refractivity contribution in [3.63, 3.8) is 0 Å². The second kappa shape index (κ2) is 21.1. The molecule has 0 fully saturated rings. The van der Waals surface area contributed by atoms with Crippen LogP contribution in [0.4, 0.5) is 0 Å². The lowest BCUT2D eigenvalue weighted by Crippen LogP contribution is -2.12. The minimum atomic E-state index is -0.380. The molecule has 0 aliphatic rings. The molecule has 0 aliphatic heterocycles. The number of unbranched alkanes of at least 4 members (excludes halogenated alkanes) is 8. The molecule has 0 radical (unpaired) electrons. The van der Waals surface area contributed by atoms with E-state index in [0.29, 0.717) is 25.7 Å². The summed E-state index contributed by atoms with van der Waals surface area (Å²) < 4.78 is 19.5. The summed E-state index contributed by atoms with van der Waals surface area (Å²) in [6, 6.07) is 0. The summed E-state index contributed by atoms with van der Waals surface area (Å²) in [5.74, 6) is -1.45. The van der Waals surface area contributed by atoms with E-state index in [4.69, 9.17) is 18.9 Å². The molecule has 0 aromatic heterocycles. The second-order valence-corrected chi connectivity index (χ2v) is 7.48. The summed E-state index contributed by atoms with van der Waals surface area (Å²) >= 11 is 0. The van der Waals surface area contributed by atoms with Gasteiger partial charge in [0.1, 0.15) is 0 Å². The molecule has 0 saturated heterocycles. The quantitative estimate of drug-likeness (QED) is 0.147. The van der Waals surface area contributed by atoms with Crippen molar-refractivity contribution in [1.29, 1.82) is 0 Å². The van der Waals surface area contributed by atoms with Gasteiger partial charge in [0.15, 0.2) is 0 Å². The van der Waals surface area contributed by atoms with Gasteiger partial charge >= 0.3 is 23.9 Å². The lowest BCUT2D eigenvalue weighted by atomic mass is 10.1. The van der Waals surface area contributed by atoms with E-state index in [9.17, 15) is 19.2 Å². The molecule has 180 valence electrons. The Balaban J connectivity index is 3.46. The van der Waals surface area contributed by atoms with E-state index in [1.54, 1.807) is 0 Å². The molecule has 8 nitrogen and oxygen atoms in total. The molecule has 0 aromatic carbocycles. The monoisotopic (exact) mass is 444 g/mol. The summed E-state index contributed by atoms with van der Waals surface area (Å²) in [5.41, 5.74) is 0. The molecular weight excluding hydrogens is 404 g/mol. The molecule has 0 aliphatic carbocycles. The smallest absolute Gasteiger partial charge is 0.308 e. The maximum Gasteiger partial charge on any atom is 0.308 e. The summed E-state index contributed by atoms with van der Waals surface area (Å²) in [7, 11) is 0. The average molecular weight is 445 g/mol. The Labute approximate surface area is 186 Å². The number of hydrogen-bond acceptors (Lipinski definition) is 8. The van der Waals surface area contributed by atoms with Gasteiger partial charge in [-0.2, -0.15) is 0 Å². The molecular formula is C23H40O8. The summed E-state index contributed by atoms with van der Waals surface area (Å²) in [4.78, 5) is 45.9. The van der Waals surface area contributed by atoms with Crippen LogP contribution in [0.3, 0.4) is 0 Å². The normalized spacial score (nSPS) is 10.4. The van der Waals surface area contributed by atoms with Crippen LogP contribution in [0.5, 0.6) is 0 Å². The van der Waals surface area contributed by atoms with Crippen molar-refractivity contribution in [2.24, 2.45) is 0 Å². The van der Waals surface area contributed by atoms with Crippen LogP contribution in [-0.2, 0) is 38.1 Å². The first-order valence-corrected chi connectivity index (χ1v) is 11.6. The molecule has 0 heterocycles. The molecule has 0 amide bonds. The Morgan fingerprint density at radius 2 is 0.677 bits per heavy atom. The van der Waals surface area contributed by atoms with E-state index in [2.05, 4.69) is 13.8 Å². The van der Waals surface area contributed by atoms with Crippen LogP contribution < -0.4 is 0 Å². The minimum absolute atomic E-state index is 0.277. The lowest BCUT2D eigenvalue weighted by Gasteiger charge is -2.07. The molecule has 0 rings (SSSR count). The Morgan fingerprint density at radius 1 is 0.419 bits per heavy atom. The van der Waals surface area contributed by atoms with Gasteiger partial charge in [-0.1, -0.05) is 58.8 Å². The maximum absolute atomic E-state index is 11.6. The van der Waals surface area contributed by atoms with Gasteiger partial charge in [0.05, 0.1) is 0 Å². The van der Waals surface area contributed by atoms with Crippen LogP contribution in [0.2, 0.25) is 0 Å². The predicted octanol–water partition coefficient (Wildman–Crippen LogP) is 4.97. The van der Waals surface area contributed by atoms with Crippen molar-refractivity contribution in [3.05, 3.63) is 0 Å². The Kier molecular flexibility index (Phi) is 19.7. The Hall–Kier alpha value is -2.12. The van der Waals surface area contributed by atoms with Crippen molar-refractivity contribution in [2.75, 3.05) is 13.6 Å². The van der Waals surface area contributed by atoms with Gasteiger partial charge in [0, 0.05) is 25.7 Å². The highest BCUT2D eigenvalue weighted by atomic mass is 16.7. The van der Waals surface area contributed by atoms with Crippen LogP contribution in [0.1, 0.15) is 110 Å². The zero-order chi connectivity index (χ0) is 23.2. The zero-order valence-electron chi connectivity index (χ0n) is 19.3. The number of ether oxygens (including phenoxy) is 4. The molecule has 0 atom stereocenters. The third-order valence-corrected chi connectivity index (χ3v) is 4.61. The molecule has 0 spiro atoms. The number of rotatable bonds is 20. The van der Waals surface area contributed by atoms with Crippen LogP contribution in [0.15, 0.2) is 0 Å². The van der Waals surface area contributed by atoms with Gasteiger partial charge in [-0.3, -0.25) is 19.2 Å². The first-order valence-electron chi connectivity index (χ1n) is 11.6. The van der Waals surface area contributed by atoms with E-state index >= 15 is 0 Å². The minimum Gasteiger partial charge on any atom is -0.428 e. The molecule has 0 aromatic rings. The number of carbonyl (C=O) groups excluding carboxylic acids is 4. The largest absolute Gasteiger partial charge is 0.428 e. The standard InChI is InChI=1S/C23H40O8/c1-3-5-10-14-20(24)28-18-30-22(26)16-12-8-7-9-13-17-23(27)31-19-29-21(25)15-11-6-4-2/h3-19H2,1-2H3. The van der Waals surface area contributed by atoms with Crippen molar-refractivity contribution < 1.29 is 38.1 Å². The fourth-order valence-electron chi connectivity index (χ4n) is 2.72. The highest BCUT2D eigenvalue weighted by molar-refractivity contribution is 5.71. The lowest BCUT2D eigenvalue weighted by molar-refractivity contribution is -0.169. The van der Waals surface area contributed by atoms with Gasteiger partial charge in [0.2, 0.25) is 13.6 Å². The molecule has 0 bridgehead atoms. The van der Waals surface area contributed by atoms with E-state index in [-0.39, 0.29) is 50.3 Å². The SMILES string of the molecule is CCCCCC(=O)OCOC(=O)CCCCCCCC(=O)OCOC(=O)CCCCC. The van der Waals surface area contributed by atoms with E-state index in [1.165, 1.54) is 0 Å². The van der Waals surface area contributed by atoms with Crippen LogP contribution in [-0.4, -0.2) is 37.5 Å². The first kappa shape index (κ1) is 28.9. The summed E-state index contributed by atoms with van der Waals surface area (Å²) in [5, 5.41) is 0. The number of hydrogen-bond donors (Lipinski definition) is 0. The molecule has 0 unspecified atom stereocenters. The number of esters is 4. The highest BCUT2D eigenvalue weighted by Crippen LogP contribution is 2.09. The van der Waals surface area contributed by atoms with Gasteiger partial charge in [-0.15, -0.1) is 0 Å². The second-order valence-electron chi connectivity index (χ2n) is 7.48. The van der Waals surface area contributed by atoms with Gasteiger partial charge in [-0.25, -0.2) is 0 Å². The molecule has 0 saturated carbocycles. The Morgan fingerprint density at radius 3 is 0.968 bits per heavy atom. The summed E-state index contributed by atoms with van der Waals surface area (Å²) in [6.45, 7) is 3.47. The fraction of sp³-hybridized carbons (Fsp3) is 0.826. The molecule has 0 N–H and O–H groups in total. The number of carbonyl (C=O) groups is 4. The van der Waals surface area contributed by atoms with Crippen molar-refractivity contribution in [1.82, 2.24) is 0 Å². The highest BCUT2D eigenvalue weighted by Gasteiger charge is 2.08. The van der Waals surface area contributed by atoms with E-state index in [1.807, 2.05) is 0 Å². The van der Waals surface area contributed by atoms with Gasteiger partial charge < -0.3 is 18.9 Å². The molecule has 31 heavy (non-hydrogen) atoms. The van der Waals surface area contributed by atoms with Crippen LogP contribution >= 0.6 is 0 Å². The van der Waals surface area contributed by atoms with Gasteiger partial charge in [-0.05, 0) is 25.7 Å². The van der Waals surface area contributed by atoms with Crippen molar-refractivity contribution in [2.45, 2.75) is 110 Å². The van der Waals surface area contributed by atoms with Crippen LogP contribution in [0.25, 0.3) is 0 Å². The third-order valence-electron chi connectivity index (χ3n) is 4.61. The summed E-state index contributed by atoms with van der Waals surface area (Å²) in [6.07, 6.45) is 10.8. The zero-order valence-corrected chi connectivity index (χ0v) is 19.3. The van der Waals surface area contributed by atoms with Gasteiger partial charge in [0.25, 0.3) is 0 Å². The Bertz CT molecular complexity index is 460. The van der Waals surface area contributed by atoms with E-state index in [0.717, 1.165) is 57.8 Å². The average Bonchev–Trinajstić information content (AvgIpc) is 2.73. The van der Waals surface area contributed by atoms with Crippen molar-refractivity contribution in [3.8, 4) is 0 Å². The fourth-order valence-corrected chi connectivity index (χ4v) is 2.72. The third kappa shape index (κ3) is 20.9. The molecule has 8 heteroatoms. The first-order chi connectivity index (χ1) is 15.0. The topological polar surface area (TPSA) is 105 Å². The maximum atomic E-state index is 11.6. The van der Waals surface area contributed by atoms with Crippen molar-refractivity contribution >= 4 is 23.9 Å². The van der Waals surface area contributed by atoms with E-state index < -0.39 is 0 Å². The predicted molar refractivity (Wildman–Crippen MR) is 115 cm³/mol.